The standard InChI is InChI=1S/C16H14F2N2O/c17-16(18)14-9-13(19-7-8-20-14)12-6-5-10-3-1-2-4-11(10)15(12)21/h1-6,9,16,20-21H,7-8H2. The summed E-state index contributed by atoms with van der Waals surface area (Å²) >= 11 is 0. The van der Waals surface area contributed by atoms with Crippen molar-refractivity contribution < 1.29 is 13.9 Å². The van der Waals surface area contributed by atoms with Crippen molar-refractivity contribution in [2.75, 3.05) is 13.1 Å². The zero-order valence-corrected chi connectivity index (χ0v) is 11.2. The van der Waals surface area contributed by atoms with E-state index in [1.165, 1.54) is 6.08 Å². The molecule has 1 aliphatic heterocycles. The van der Waals surface area contributed by atoms with E-state index in [1.54, 1.807) is 12.1 Å². The predicted octanol–water partition coefficient (Wildman–Crippen LogP) is 3.09. The van der Waals surface area contributed by atoms with E-state index in [0.717, 1.165) is 5.39 Å². The molecule has 0 saturated carbocycles. The molecule has 0 fully saturated rings. The van der Waals surface area contributed by atoms with Gasteiger partial charge in [-0.3, -0.25) is 4.99 Å². The maximum atomic E-state index is 12.9. The van der Waals surface area contributed by atoms with E-state index >= 15 is 0 Å². The molecule has 2 N–H and O–H groups in total. The lowest BCUT2D eigenvalue weighted by Crippen LogP contribution is -2.20. The maximum Gasteiger partial charge on any atom is 0.277 e. The molecule has 2 aromatic carbocycles. The van der Waals surface area contributed by atoms with Gasteiger partial charge in [0.1, 0.15) is 5.75 Å². The van der Waals surface area contributed by atoms with E-state index in [2.05, 4.69) is 10.3 Å². The average molecular weight is 288 g/mol. The molecule has 0 amide bonds. The van der Waals surface area contributed by atoms with Crippen LogP contribution in [0.2, 0.25) is 0 Å². The molecule has 3 rings (SSSR count). The minimum Gasteiger partial charge on any atom is -0.507 e. The molecule has 108 valence electrons. The molecule has 1 aliphatic rings. The van der Waals surface area contributed by atoms with Crippen molar-refractivity contribution in [3.8, 4) is 5.75 Å². The predicted molar refractivity (Wildman–Crippen MR) is 79.1 cm³/mol. The minimum absolute atomic E-state index is 0.0682. The first-order chi connectivity index (χ1) is 10.2. The highest BCUT2D eigenvalue weighted by Gasteiger charge is 2.17. The lowest BCUT2D eigenvalue weighted by Gasteiger charge is -2.09. The highest BCUT2D eigenvalue weighted by molar-refractivity contribution is 6.13. The van der Waals surface area contributed by atoms with Crippen LogP contribution < -0.4 is 5.32 Å². The molecule has 0 spiro atoms. The smallest absolute Gasteiger partial charge is 0.277 e. The van der Waals surface area contributed by atoms with Gasteiger partial charge < -0.3 is 10.4 Å². The average Bonchev–Trinajstić information content (AvgIpc) is 2.74. The third-order valence-electron chi connectivity index (χ3n) is 3.43. The molecule has 0 bridgehead atoms. The van der Waals surface area contributed by atoms with Crippen molar-refractivity contribution in [3.05, 3.63) is 53.7 Å². The largest absolute Gasteiger partial charge is 0.507 e. The summed E-state index contributed by atoms with van der Waals surface area (Å²) in [5.41, 5.74) is 0.674. The van der Waals surface area contributed by atoms with Gasteiger partial charge in [0.15, 0.2) is 0 Å². The molecule has 5 heteroatoms. The molecule has 0 aromatic heterocycles. The van der Waals surface area contributed by atoms with Crippen molar-refractivity contribution in [2.45, 2.75) is 6.43 Å². The number of nitrogens with one attached hydrogen (secondary N) is 1. The van der Waals surface area contributed by atoms with Crippen LogP contribution >= 0.6 is 0 Å². The summed E-state index contributed by atoms with van der Waals surface area (Å²) in [6, 6.07) is 10.9. The normalized spacial score (nSPS) is 15.4. The monoisotopic (exact) mass is 288 g/mol. The molecule has 3 nitrogen and oxygen atoms in total. The van der Waals surface area contributed by atoms with Gasteiger partial charge in [0, 0.05) is 17.5 Å². The fourth-order valence-corrected chi connectivity index (χ4v) is 2.39. The Morgan fingerprint density at radius 3 is 2.76 bits per heavy atom. The second-order valence-electron chi connectivity index (χ2n) is 4.78. The van der Waals surface area contributed by atoms with Crippen LogP contribution in [0.25, 0.3) is 10.8 Å². The first kappa shape index (κ1) is 13.5. The van der Waals surface area contributed by atoms with Crippen molar-refractivity contribution in [1.82, 2.24) is 5.32 Å². The van der Waals surface area contributed by atoms with Crippen LogP contribution in [0.3, 0.4) is 0 Å². The van der Waals surface area contributed by atoms with Gasteiger partial charge in [-0.05, 0) is 17.5 Å². The Hall–Kier alpha value is -2.43. The highest BCUT2D eigenvalue weighted by atomic mass is 19.3. The van der Waals surface area contributed by atoms with Crippen LogP contribution in [0.1, 0.15) is 5.56 Å². The van der Waals surface area contributed by atoms with Crippen molar-refractivity contribution >= 4 is 16.5 Å². The number of halogens is 2. The molecule has 0 unspecified atom stereocenters. The van der Waals surface area contributed by atoms with Gasteiger partial charge in [0.2, 0.25) is 0 Å². The topological polar surface area (TPSA) is 44.6 Å². The Morgan fingerprint density at radius 1 is 1.14 bits per heavy atom. The molecule has 0 radical (unpaired) electrons. The third kappa shape index (κ3) is 2.59. The molecule has 2 aromatic rings. The number of aromatic hydroxyl groups is 1. The summed E-state index contributed by atoms with van der Waals surface area (Å²) < 4.78 is 25.8. The molecule has 1 heterocycles. The van der Waals surface area contributed by atoms with E-state index in [4.69, 9.17) is 0 Å². The summed E-state index contributed by atoms with van der Waals surface area (Å²) in [7, 11) is 0. The van der Waals surface area contributed by atoms with Gasteiger partial charge in [-0.25, -0.2) is 8.78 Å². The first-order valence-electron chi connectivity index (χ1n) is 6.66. The number of hydrogen-bond donors (Lipinski definition) is 2. The Balaban J connectivity index is 2.13. The lowest BCUT2D eigenvalue weighted by atomic mass is 10.0. The van der Waals surface area contributed by atoms with Gasteiger partial charge in [-0.15, -0.1) is 0 Å². The van der Waals surface area contributed by atoms with E-state index in [0.29, 0.717) is 29.8 Å². The van der Waals surface area contributed by atoms with E-state index < -0.39 is 6.43 Å². The van der Waals surface area contributed by atoms with Crippen LogP contribution in [0.5, 0.6) is 5.75 Å². The van der Waals surface area contributed by atoms with Crippen LogP contribution in [0, 0.1) is 0 Å². The summed E-state index contributed by atoms with van der Waals surface area (Å²) in [5, 5.41) is 14.6. The SMILES string of the molecule is Oc1c(C2=NCCNC(C(F)F)=C2)ccc2ccccc12. The Bertz CT molecular complexity index is 738. The van der Waals surface area contributed by atoms with E-state index in [9.17, 15) is 13.9 Å². The van der Waals surface area contributed by atoms with Crippen LogP contribution in [-0.2, 0) is 0 Å². The van der Waals surface area contributed by atoms with Crippen molar-refractivity contribution in [2.24, 2.45) is 4.99 Å². The number of fused-ring (bicyclic) bond motifs is 1. The van der Waals surface area contributed by atoms with E-state index in [1.807, 2.05) is 24.3 Å². The van der Waals surface area contributed by atoms with Gasteiger partial charge in [-0.2, -0.15) is 0 Å². The summed E-state index contributed by atoms with van der Waals surface area (Å²) in [5.74, 6) is 0.0682. The lowest BCUT2D eigenvalue weighted by molar-refractivity contribution is 0.181. The molecule has 21 heavy (non-hydrogen) atoms. The molecular weight excluding hydrogens is 274 g/mol. The van der Waals surface area contributed by atoms with Gasteiger partial charge >= 0.3 is 0 Å². The second kappa shape index (κ2) is 5.52. The maximum absolute atomic E-state index is 12.9. The number of hydrogen-bond acceptors (Lipinski definition) is 3. The number of benzene rings is 2. The zero-order valence-electron chi connectivity index (χ0n) is 11.2. The number of phenolic OH excluding ortho intramolecular Hbond substituents is 1. The number of alkyl halides is 2. The molecule has 0 atom stereocenters. The van der Waals surface area contributed by atoms with Gasteiger partial charge in [0.05, 0.1) is 18.0 Å². The van der Waals surface area contributed by atoms with Crippen LogP contribution in [0.15, 0.2) is 53.2 Å². The zero-order chi connectivity index (χ0) is 14.8. The summed E-state index contributed by atoms with van der Waals surface area (Å²) in [6.07, 6.45) is -1.28. The van der Waals surface area contributed by atoms with Crippen molar-refractivity contribution in [1.29, 1.82) is 0 Å². The Labute approximate surface area is 120 Å². The van der Waals surface area contributed by atoms with Crippen LogP contribution in [0.4, 0.5) is 8.78 Å². The van der Waals surface area contributed by atoms with Gasteiger partial charge in [-0.1, -0.05) is 30.3 Å². The van der Waals surface area contributed by atoms with Crippen molar-refractivity contribution in [3.63, 3.8) is 0 Å². The number of allylic oxidation sites excluding steroid dienone is 2. The summed E-state index contributed by atoms with van der Waals surface area (Å²) in [4.78, 5) is 4.28. The van der Waals surface area contributed by atoms with E-state index in [-0.39, 0.29) is 11.4 Å². The first-order valence-corrected chi connectivity index (χ1v) is 6.66. The molecule has 0 aliphatic carbocycles. The van der Waals surface area contributed by atoms with Crippen LogP contribution in [-0.4, -0.2) is 30.3 Å². The number of nitrogens with zero attached hydrogens (tertiary/aromatic N) is 1. The number of aliphatic imine (C=N–C) groups is 1. The third-order valence-corrected chi connectivity index (χ3v) is 3.43. The number of rotatable bonds is 2. The Morgan fingerprint density at radius 2 is 1.95 bits per heavy atom. The molecule has 0 saturated heterocycles. The quantitative estimate of drug-likeness (QED) is 0.892. The second-order valence-corrected chi connectivity index (χ2v) is 4.78. The van der Waals surface area contributed by atoms with Gasteiger partial charge in [0.25, 0.3) is 6.43 Å². The summed E-state index contributed by atoms with van der Waals surface area (Å²) in [6.45, 7) is 0.738. The fraction of sp³-hybridized carbons (Fsp3) is 0.188. The minimum atomic E-state index is -2.59. The highest BCUT2D eigenvalue weighted by Crippen LogP contribution is 2.30. The number of phenols is 1. The Kier molecular flexibility index (Phi) is 3.56. The fourth-order valence-electron chi connectivity index (χ4n) is 2.39. The molecular formula is C16H14F2N2O.